The van der Waals surface area contributed by atoms with E-state index in [0.29, 0.717) is 17.5 Å². The van der Waals surface area contributed by atoms with Gasteiger partial charge in [0.2, 0.25) is 10.0 Å². The van der Waals surface area contributed by atoms with Crippen molar-refractivity contribution >= 4 is 37.5 Å². The highest BCUT2D eigenvalue weighted by atomic mass is 32.2. The maximum atomic E-state index is 12.9. The molecule has 2 aromatic rings. The van der Waals surface area contributed by atoms with Gasteiger partial charge in [0.25, 0.3) is 0 Å². The van der Waals surface area contributed by atoms with E-state index in [0.717, 1.165) is 16.9 Å². The van der Waals surface area contributed by atoms with E-state index in [1.54, 1.807) is 22.8 Å². The predicted octanol–water partition coefficient (Wildman–Crippen LogP) is 2.22. The highest BCUT2D eigenvalue weighted by Gasteiger charge is 2.32. The van der Waals surface area contributed by atoms with Crippen LogP contribution in [-0.4, -0.2) is 43.5 Å². The van der Waals surface area contributed by atoms with E-state index in [4.69, 9.17) is 4.74 Å². The average molecular weight is 399 g/mol. The third-order valence-electron chi connectivity index (χ3n) is 4.73. The van der Waals surface area contributed by atoms with Crippen molar-refractivity contribution in [2.45, 2.75) is 37.6 Å². The lowest BCUT2D eigenvalue weighted by Crippen LogP contribution is -2.40. The molecule has 1 saturated heterocycles. The van der Waals surface area contributed by atoms with Crippen LogP contribution >= 0.6 is 11.3 Å². The number of ether oxygens (including phenoxy) is 1. The molecule has 26 heavy (non-hydrogen) atoms. The van der Waals surface area contributed by atoms with Crippen molar-refractivity contribution in [1.82, 2.24) is 8.87 Å². The first-order chi connectivity index (χ1) is 12.3. The molecule has 1 aliphatic heterocycles. The van der Waals surface area contributed by atoms with Crippen LogP contribution in [0.25, 0.3) is 10.2 Å². The van der Waals surface area contributed by atoms with E-state index in [1.807, 2.05) is 13.8 Å². The molecular weight excluding hydrogens is 376 g/mol. The first-order valence-electron chi connectivity index (χ1n) is 8.48. The Bertz CT molecular complexity index is 982. The van der Waals surface area contributed by atoms with Crippen LogP contribution in [0.15, 0.2) is 27.9 Å². The van der Waals surface area contributed by atoms with Crippen molar-refractivity contribution in [2.75, 3.05) is 20.2 Å². The van der Waals surface area contributed by atoms with Crippen molar-refractivity contribution in [3.63, 3.8) is 0 Å². The summed E-state index contributed by atoms with van der Waals surface area (Å²) in [4.78, 5) is 23.8. The molecule has 1 aromatic carbocycles. The fourth-order valence-corrected chi connectivity index (χ4v) is 5.94. The topological polar surface area (TPSA) is 85.7 Å². The van der Waals surface area contributed by atoms with E-state index >= 15 is 0 Å². The van der Waals surface area contributed by atoms with Gasteiger partial charge in [0.05, 0.1) is 28.1 Å². The third-order valence-corrected chi connectivity index (χ3v) is 7.54. The van der Waals surface area contributed by atoms with Gasteiger partial charge < -0.3 is 4.74 Å². The number of carbonyl (C=O) groups is 1. The van der Waals surface area contributed by atoms with Crippen LogP contribution in [0.4, 0.5) is 0 Å². The van der Waals surface area contributed by atoms with Gasteiger partial charge in [-0.1, -0.05) is 11.3 Å². The zero-order valence-corrected chi connectivity index (χ0v) is 16.6. The lowest BCUT2D eigenvalue weighted by Gasteiger charge is -2.29. The van der Waals surface area contributed by atoms with Crippen molar-refractivity contribution in [2.24, 2.45) is 5.92 Å². The largest absolute Gasteiger partial charge is 0.469 e. The number of thiazole rings is 1. The third kappa shape index (κ3) is 3.30. The number of carbonyl (C=O) groups excluding carboxylic acids is 1. The molecule has 2 heterocycles. The zero-order chi connectivity index (χ0) is 19.1. The number of hydrogen-bond donors (Lipinski definition) is 0. The maximum absolute atomic E-state index is 12.9. The minimum atomic E-state index is -3.66. The number of esters is 1. The molecule has 7 nitrogen and oxygen atoms in total. The summed E-state index contributed by atoms with van der Waals surface area (Å²) < 4.78 is 34.3. The fourth-order valence-electron chi connectivity index (χ4n) is 3.31. The minimum Gasteiger partial charge on any atom is -0.469 e. The lowest BCUT2D eigenvalue weighted by atomic mass is 9.99. The summed E-state index contributed by atoms with van der Waals surface area (Å²) in [6, 6.07) is 4.83. The number of piperidine rings is 1. The second-order valence-electron chi connectivity index (χ2n) is 6.66. The molecule has 0 amide bonds. The number of benzene rings is 1. The second kappa shape index (κ2) is 7.13. The van der Waals surface area contributed by atoms with Crippen LogP contribution in [0.1, 0.15) is 32.7 Å². The first-order valence-corrected chi connectivity index (χ1v) is 10.7. The molecule has 0 N–H and O–H groups in total. The maximum Gasteiger partial charge on any atom is 0.308 e. The molecule has 0 saturated carbocycles. The van der Waals surface area contributed by atoms with Crippen molar-refractivity contribution in [3.05, 3.63) is 27.9 Å². The van der Waals surface area contributed by atoms with Crippen molar-refractivity contribution < 1.29 is 17.9 Å². The number of methoxy groups -OCH3 is 1. The standard InChI is InChI=1S/C17H22N2O5S2/c1-11(2)19-14-5-4-13(10-15(14)25-17(19)21)26(22,23)18-8-6-12(7-9-18)16(20)24-3/h4-5,10-12H,6-9H2,1-3H3. The van der Waals surface area contributed by atoms with E-state index in [-0.39, 0.29) is 40.8 Å². The summed E-state index contributed by atoms with van der Waals surface area (Å²) in [5.41, 5.74) is 0.748. The quantitative estimate of drug-likeness (QED) is 0.737. The van der Waals surface area contributed by atoms with Crippen LogP contribution in [0.2, 0.25) is 0 Å². The van der Waals surface area contributed by atoms with Crippen molar-refractivity contribution in [3.8, 4) is 0 Å². The second-order valence-corrected chi connectivity index (χ2v) is 9.59. The van der Waals surface area contributed by atoms with Crippen molar-refractivity contribution in [1.29, 1.82) is 0 Å². The summed E-state index contributed by atoms with van der Waals surface area (Å²) in [6.07, 6.45) is 0.899. The van der Waals surface area contributed by atoms with Gasteiger partial charge in [-0.25, -0.2) is 8.42 Å². The average Bonchev–Trinajstić information content (AvgIpc) is 2.96. The van der Waals surface area contributed by atoms with Crippen LogP contribution in [0.5, 0.6) is 0 Å². The van der Waals surface area contributed by atoms with E-state index in [9.17, 15) is 18.0 Å². The molecule has 0 radical (unpaired) electrons. The molecule has 3 rings (SSSR count). The summed E-state index contributed by atoms with van der Waals surface area (Å²) in [7, 11) is -2.31. The van der Waals surface area contributed by atoms with Crippen LogP contribution in [0.3, 0.4) is 0 Å². The molecule has 1 aliphatic rings. The Labute approximate surface area is 156 Å². The number of aromatic nitrogens is 1. The molecular formula is C17H22N2O5S2. The summed E-state index contributed by atoms with van der Waals surface area (Å²) in [5, 5.41) is 0. The monoisotopic (exact) mass is 398 g/mol. The highest BCUT2D eigenvalue weighted by molar-refractivity contribution is 7.89. The summed E-state index contributed by atoms with van der Waals surface area (Å²) >= 11 is 1.05. The number of hydrogen-bond acceptors (Lipinski definition) is 6. The van der Waals surface area contributed by atoms with Gasteiger partial charge in [-0.05, 0) is 44.9 Å². The SMILES string of the molecule is COC(=O)C1CCN(S(=O)(=O)c2ccc3c(c2)sc(=O)n3C(C)C)CC1. The number of sulfonamides is 1. The molecule has 0 aliphatic carbocycles. The van der Waals surface area contributed by atoms with Crippen LogP contribution in [-0.2, 0) is 19.6 Å². The summed E-state index contributed by atoms with van der Waals surface area (Å²) in [5.74, 6) is -0.539. The van der Waals surface area contributed by atoms with E-state index in [1.165, 1.54) is 11.4 Å². The molecule has 0 unspecified atom stereocenters. The van der Waals surface area contributed by atoms with Gasteiger partial charge in [0.15, 0.2) is 0 Å². The Morgan fingerprint density at radius 1 is 1.27 bits per heavy atom. The summed E-state index contributed by atoms with van der Waals surface area (Å²) in [6.45, 7) is 4.40. The van der Waals surface area contributed by atoms with Gasteiger partial charge in [-0.3, -0.25) is 14.2 Å². The van der Waals surface area contributed by atoms with Gasteiger partial charge in [-0.15, -0.1) is 0 Å². The normalized spacial score (nSPS) is 17.1. The smallest absolute Gasteiger partial charge is 0.308 e. The van der Waals surface area contributed by atoms with Crippen LogP contribution < -0.4 is 4.87 Å². The Kier molecular flexibility index (Phi) is 5.23. The Hall–Kier alpha value is -1.71. The molecule has 1 aromatic heterocycles. The van der Waals surface area contributed by atoms with Gasteiger partial charge in [0.1, 0.15) is 0 Å². The van der Waals surface area contributed by atoms with Crippen LogP contribution in [0, 0.1) is 5.92 Å². The predicted molar refractivity (Wildman–Crippen MR) is 100.0 cm³/mol. The molecule has 9 heteroatoms. The zero-order valence-electron chi connectivity index (χ0n) is 15.0. The molecule has 1 fully saturated rings. The van der Waals surface area contributed by atoms with Gasteiger partial charge in [0, 0.05) is 19.1 Å². The van der Waals surface area contributed by atoms with E-state index < -0.39 is 10.0 Å². The van der Waals surface area contributed by atoms with E-state index in [2.05, 4.69) is 0 Å². The molecule has 142 valence electrons. The molecule has 0 bridgehead atoms. The highest BCUT2D eigenvalue weighted by Crippen LogP contribution is 2.28. The Balaban J connectivity index is 1.89. The first kappa shape index (κ1) is 19.1. The fraction of sp³-hybridized carbons (Fsp3) is 0.529. The van der Waals surface area contributed by atoms with Gasteiger partial charge in [-0.2, -0.15) is 4.31 Å². The molecule has 0 atom stereocenters. The molecule has 0 spiro atoms. The lowest BCUT2D eigenvalue weighted by molar-refractivity contribution is -0.146. The number of fused-ring (bicyclic) bond motifs is 1. The number of nitrogens with zero attached hydrogens (tertiary/aromatic N) is 2. The van der Waals surface area contributed by atoms with Gasteiger partial charge >= 0.3 is 10.8 Å². The minimum absolute atomic E-state index is 0.0102. The number of rotatable bonds is 4. The Morgan fingerprint density at radius 3 is 2.50 bits per heavy atom. The Morgan fingerprint density at radius 2 is 1.92 bits per heavy atom.